The highest BCUT2D eigenvalue weighted by molar-refractivity contribution is 5.66. The first kappa shape index (κ1) is 17.8. The molecule has 0 aliphatic heterocycles. The van der Waals surface area contributed by atoms with Crippen LogP contribution in [0.25, 0.3) is 0 Å². The van der Waals surface area contributed by atoms with Crippen LogP contribution in [0.3, 0.4) is 0 Å². The Morgan fingerprint density at radius 1 is 0.920 bits per heavy atom. The third-order valence-corrected chi connectivity index (χ3v) is 5.18. The Morgan fingerprint density at radius 2 is 1.52 bits per heavy atom. The predicted molar refractivity (Wildman–Crippen MR) is 109 cm³/mol. The zero-order chi connectivity index (χ0) is 17.6. The Labute approximate surface area is 152 Å². The molecule has 3 nitrogen and oxygen atoms in total. The highest BCUT2D eigenvalue weighted by Crippen LogP contribution is 2.29. The molecule has 1 aliphatic carbocycles. The van der Waals surface area contributed by atoms with Crippen LogP contribution in [0.1, 0.15) is 39.5 Å². The van der Waals surface area contributed by atoms with Crippen LogP contribution in [0, 0.1) is 5.92 Å². The van der Waals surface area contributed by atoms with E-state index in [0.717, 1.165) is 12.5 Å². The van der Waals surface area contributed by atoms with Crippen molar-refractivity contribution in [3.8, 4) is 0 Å². The summed E-state index contributed by atoms with van der Waals surface area (Å²) in [7, 11) is 0. The number of para-hydroxylation sites is 1. The van der Waals surface area contributed by atoms with Crippen LogP contribution in [-0.4, -0.2) is 18.6 Å². The maximum Gasteiger partial charge on any atom is 0.0414 e. The van der Waals surface area contributed by atoms with Crippen LogP contribution in [0.2, 0.25) is 0 Å². The molecule has 0 heterocycles. The molecule has 0 spiro atoms. The van der Waals surface area contributed by atoms with Gasteiger partial charge in [-0.2, -0.15) is 0 Å². The fourth-order valence-corrected chi connectivity index (χ4v) is 3.73. The Balaban J connectivity index is 1.62. The Hall–Kier alpha value is -2.00. The van der Waals surface area contributed by atoms with Crippen LogP contribution in [0.15, 0.2) is 54.6 Å². The average molecular weight is 338 g/mol. The van der Waals surface area contributed by atoms with Crippen LogP contribution in [0.5, 0.6) is 0 Å². The van der Waals surface area contributed by atoms with Gasteiger partial charge in [-0.1, -0.05) is 18.2 Å². The van der Waals surface area contributed by atoms with Crippen molar-refractivity contribution in [3.05, 3.63) is 54.6 Å². The van der Waals surface area contributed by atoms with Gasteiger partial charge in [0.15, 0.2) is 0 Å². The number of hydrogen-bond acceptors (Lipinski definition) is 3. The van der Waals surface area contributed by atoms with Crippen LogP contribution in [-0.2, 0) is 0 Å². The summed E-state index contributed by atoms with van der Waals surface area (Å²) in [5, 5.41) is 3.61. The van der Waals surface area contributed by atoms with Crippen LogP contribution in [0.4, 0.5) is 17.1 Å². The van der Waals surface area contributed by atoms with Crippen molar-refractivity contribution in [1.29, 1.82) is 0 Å². The third-order valence-electron chi connectivity index (χ3n) is 5.18. The van der Waals surface area contributed by atoms with Crippen molar-refractivity contribution in [1.82, 2.24) is 0 Å². The number of benzene rings is 2. The zero-order valence-corrected chi connectivity index (χ0v) is 15.5. The summed E-state index contributed by atoms with van der Waals surface area (Å²) in [6, 6.07) is 20.2. The van der Waals surface area contributed by atoms with E-state index in [2.05, 4.69) is 78.7 Å². The van der Waals surface area contributed by atoms with Crippen molar-refractivity contribution in [2.45, 2.75) is 51.6 Å². The van der Waals surface area contributed by atoms with Gasteiger partial charge >= 0.3 is 0 Å². The lowest BCUT2D eigenvalue weighted by Gasteiger charge is -2.29. The second kappa shape index (κ2) is 8.39. The third kappa shape index (κ3) is 4.76. The first-order chi connectivity index (χ1) is 12.1. The van der Waals surface area contributed by atoms with Gasteiger partial charge in [-0.05, 0) is 81.8 Å². The highest BCUT2D eigenvalue weighted by atomic mass is 15.2. The summed E-state index contributed by atoms with van der Waals surface area (Å²) in [5.74, 6) is 0.760. The maximum atomic E-state index is 6.00. The molecule has 0 aromatic heterocycles. The normalized spacial score (nSPS) is 20.5. The van der Waals surface area contributed by atoms with Gasteiger partial charge in [0.2, 0.25) is 0 Å². The molecule has 0 atom stereocenters. The van der Waals surface area contributed by atoms with Gasteiger partial charge in [0.1, 0.15) is 0 Å². The molecular formula is C22H31N3. The summed E-state index contributed by atoms with van der Waals surface area (Å²) in [4.78, 5) is 2.37. The van der Waals surface area contributed by atoms with Gasteiger partial charge in [0.25, 0.3) is 0 Å². The minimum absolute atomic E-state index is 0.410. The minimum atomic E-state index is 0.410. The lowest BCUT2D eigenvalue weighted by Crippen LogP contribution is -2.29. The lowest BCUT2D eigenvalue weighted by molar-refractivity contribution is 0.339. The standard InChI is InChI=1S/C22H31N3/c1-17(2)25(21-6-4-3-5-7-21)22-14-12-20(13-15-22)24-16-18-8-10-19(23)11-9-18/h3-7,12-15,17-19,24H,8-11,16,23H2,1-2H3/t18-,19-. The fourth-order valence-electron chi connectivity index (χ4n) is 3.73. The molecule has 0 bridgehead atoms. The van der Waals surface area contributed by atoms with Crippen molar-refractivity contribution in [3.63, 3.8) is 0 Å². The summed E-state index contributed by atoms with van der Waals surface area (Å²) < 4.78 is 0. The van der Waals surface area contributed by atoms with E-state index in [1.165, 1.54) is 42.7 Å². The molecule has 25 heavy (non-hydrogen) atoms. The minimum Gasteiger partial charge on any atom is -0.385 e. The number of rotatable bonds is 6. The van der Waals surface area contributed by atoms with E-state index >= 15 is 0 Å². The number of nitrogens with two attached hydrogens (primary N) is 1. The molecule has 0 unspecified atom stereocenters. The SMILES string of the molecule is CC(C)N(c1ccccc1)c1ccc(NC[C@H]2CC[C@H](N)CC2)cc1. The molecular weight excluding hydrogens is 306 g/mol. The van der Waals surface area contributed by atoms with Crippen LogP contribution < -0.4 is 16.0 Å². The highest BCUT2D eigenvalue weighted by Gasteiger charge is 2.18. The molecule has 1 fully saturated rings. The van der Waals surface area contributed by atoms with Crippen molar-refractivity contribution < 1.29 is 0 Å². The van der Waals surface area contributed by atoms with E-state index in [1.54, 1.807) is 0 Å². The molecule has 3 N–H and O–H groups in total. The van der Waals surface area contributed by atoms with Crippen molar-refractivity contribution >= 4 is 17.1 Å². The molecule has 0 saturated heterocycles. The zero-order valence-electron chi connectivity index (χ0n) is 15.5. The van der Waals surface area contributed by atoms with Gasteiger partial charge < -0.3 is 16.0 Å². The van der Waals surface area contributed by atoms with E-state index in [1.807, 2.05) is 0 Å². The lowest BCUT2D eigenvalue weighted by atomic mass is 9.86. The Bertz CT molecular complexity index is 628. The second-order valence-corrected chi connectivity index (χ2v) is 7.51. The van der Waals surface area contributed by atoms with Crippen molar-refractivity contribution in [2.75, 3.05) is 16.8 Å². The molecule has 1 saturated carbocycles. The van der Waals surface area contributed by atoms with Gasteiger partial charge in [-0.15, -0.1) is 0 Å². The monoisotopic (exact) mass is 337 g/mol. The number of anilines is 3. The van der Waals surface area contributed by atoms with E-state index in [9.17, 15) is 0 Å². The number of hydrogen-bond donors (Lipinski definition) is 2. The Morgan fingerprint density at radius 3 is 2.12 bits per heavy atom. The molecule has 1 aliphatic rings. The summed E-state index contributed by atoms with van der Waals surface area (Å²) in [5.41, 5.74) is 9.67. The predicted octanol–water partition coefficient (Wildman–Crippen LogP) is 5.16. The van der Waals surface area contributed by atoms with Gasteiger partial charge in [0, 0.05) is 35.7 Å². The number of nitrogens with one attached hydrogen (secondary N) is 1. The quantitative estimate of drug-likeness (QED) is 0.765. The molecule has 0 radical (unpaired) electrons. The molecule has 2 aromatic carbocycles. The van der Waals surface area contributed by atoms with E-state index in [0.29, 0.717) is 12.1 Å². The second-order valence-electron chi connectivity index (χ2n) is 7.51. The first-order valence-electron chi connectivity index (χ1n) is 9.57. The molecule has 2 aromatic rings. The summed E-state index contributed by atoms with van der Waals surface area (Å²) in [6.45, 7) is 5.51. The fraction of sp³-hybridized carbons (Fsp3) is 0.455. The van der Waals surface area contributed by atoms with E-state index in [-0.39, 0.29) is 0 Å². The van der Waals surface area contributed by atoms with Gasteiger partial charge in [-0.3, -0.25) is 0 Å². The van der Waals surface area contributed by atoms with Gasteiger partial charge in [0.05, 0.1) is 0 Å². The summed E-state index contributed by atoms with van der Waals surface area (Å²) >= 11 is 0. The first-order valence-corrected chi connectivity index (χ1v) is 9.57. The molecule has 0 amide bonds. The smallest absolute Gasteiger partial charge is 0.0414 e. The van der Waals surface area contributed by atoms with Gasteiger partial charge in [-0.25, -0.2) is 0 Å². The van der Waals surface area contributed by atoms with Crippen molar-refractivity contribution in [2.24, 2.45) is 11.7 Å². The largest absolute Gasteiger partial charge is 0.385 e. The average Bonchev–Trinajstić information content (AvgIpc) is 2.63. The molecule has 3 heteroatoms. The summed E-state index contributed by atoms with van der Waals surface area (Å²) in [6.07, 6.45) is 4.85. The van der Waals surface area contributed by atoms with Crippen LogP contribution >= 0.6 is 0 Å². The number of nitrogens with zero attached hydrogens (tertiary/aromatic N) is 1. The maximum absolute atomic E-state index is 6.00. The Kier molecular flexibility index (Phi) is 5.98. The molecule has 134 valence electrons. The topological polar surface area (TPSA) is 41.3 Å². The van der Waals surface area contributed by atoms with E-state index < -0.39 is 0 Å². The van der Waals surface area contributed by atoms with E-state index in [4.69, 9.17) is 5.73 Å². The molecule has 3 rings (SSSR count).